The minimum Gasteiger partial charge on any atom is -0.495 e. The van der Waals surface area contributed by atoms with Crippen LogP contribution in [0.5, 0.6) is 5.75 Å². The van der Waals surface area contributed by atoms with Crippen LogP contribution >= 0.6 is 23.4 Å². The van der Waals surface area contributed by atoms with Gasteiger partial charge in [0.15, 0.2) is 5.16 Å². The van der Waals surface area contributed by atoms with Crippen LogP contribution in [0.15, 0.2) is 58.6 Å². The molecular formula is C17H16ClN3O3S. The molecule has 0 atom stereocenters. The van der Waals surface area contributed by atoms with Crippen molar-refractivity contribution in [3.8, 4) is 5.75 Å². The Kier molecular flexibility index (Phi) is 5.67. The molecule has 2 aromatic heterocycles. The number of rotatable bonds is 7. The van der Waals surface area contributed by atoms with Crippen LogP contribution in [-0.2, 0) is 11.3 Å². The Hall–Kier alpha value is -2.38. The number of anilines is 1. The minimum absolute atomic E-state index is 0.168. The highest BCUT2D eigenvalue weighted by molar-refractivity contribution is 7.99. The van der Waals surface area contributed by atoms with Crippen molar-refractivity contribution in [3.05, 3.63) is 59.8 Å². The summed E-state index contributed by atoms with van der Waals surface area (Å²) >= 11 is 7.31. The maximum Gasteiger partial charge on any atom is 0.234 e. The van der Waals surface area contributed by atoms with Crippen LogP contribution in [-0.4, -0.2) is 28.3 Å². The zero-order valence-corrected chi connectivity index (χ0v) is 15.0. The monoisotopic (exact) mass is 377 g/mol. The summed E-state index contributed by atoms with van der Waals surface area (Å²) in [5, 5.41) is 4.07. The highest BCUT2D eigenvalue weighted by atomic mass is 35.5. The van der Waals surface area contributed by atoms with Gasteiger partial charge in [0.2, 0.25) is 5.91 Å². The van der Waals surface area contributed by atoms with E-state index in [2.05, 4.69) is 10.3 Å². The first-order chi connectivity index (χ1) is 12.2. The van der Waals surface area contributed by atoms with Gasteiger partial charge in [0, 0.05) is 17.4 Å². The lowest BCUT2D eigenvalue weighted by Gasteiger charge is -2.10. The molecule has 1 aromatic carbocycles. The van der Waals surface area contributed by atoms with E-state index in [1.807, 2.05) is 22.9 Å². The van der Waals surface area contributed by atoms with Gasteiger partial charge in [0.05, 0.1) is 31.4 Å². The number of furan rings is 1. The van der Waals surface area contributed by atoms with E-state index in [9.17, 15) is 4.79 Å². The van der Waals surface area contributed by atoms with E-state index in [-0.39, 0.29) is 11.7 Å². The van der Waals surface area contributed by atoms with Crippen LogP contribution < -0.4 is 10.1 Å². The van der Waals surface area contributed by atoms with E-state index in [1.54, 1.807) is 37.8 Å². The Balaban J connectivity index is 1.60. The molecule has 6 nitrogen and oxygen atoms in total. The van der Waals surface area contributed by atoms with E-state index >= 15 is 0 Å². The molecule has 130 valence electrons. The summed E-state index contributed by atoms with van der Waals surface area (Å²) in [4.78, 5) is 16.5. The molecule has 0 saturated heterocycles. The molecule has 0 unspecified atom stereocenters. The number of ether oxygens (including phenoxy) is 1. The van der Waals surface area contributed by atoms with Crippen LogP contribution in [0.1, 0.15) is 5.76 Å². The van der Waals surface area contributed by atoms with Gasteiger partial charge in [-0.1, -0.05) is 23.4 Å². The van der Waals surface area contributed by atoms with Gasteiger partial charge in [0.1, 0.15) is 11.5 Å². The SMILES string of the molecule is COc1ccc(Cl)cc1NC(=O)CSc1nccn1Cc1ccco1. The molecule has 8 heteroatoms. The summed E-state index contributed by atoms with van der Waals surface area (Å²) in [6.07, 6.45) is 5.18. The maximum atomic E-state index is 12.2. The molecule has 0 fully saturated rings. The lowest BCUT2D eigenvalue weighted by atomic mass is 10.3. The lowest BCUT2D eigenvalue weighted by molar-refractivity contribution is -0.113. The number of amides is 1. The number of carbonyl (C=O) groups excluding carboxylic acids is 1. The largest absolute Gasteiger partial charge is 0.495 e. The first kappa shape index (κ1) is 17.4. The molecule has 0 aliphatic carbocycles. The van der Waals surface area contributed by atoms with Crippen LogP contribution in [0.25, 0.3) is 0 Å². The van der Waals surface area contributed by atoms with Crippen molar-refractivity contribution in [1.82, 2.24) is 9.55 Å². The molecule has 1 N–H and O–H groups in total. The third-order valence-corrected chi connectivity index (χ3v) is 4.59. The zero-order chi connectivity index (χ0) is 17.6. The molecule has 1 amide bonds. The van der Waals surface area contributed by atoms with Gasteiger partial charge in [0.25, 0.3) is 0 Å². The summed E-state index contributed by atoms with van der Waals surface area (Å²) in [6.45, 7) is 0.569. The molecule has 3 aromatic rings. The number of nitrogens with one attached hydrogen (secondary N) is 1. The van der Waals surface area contributed by atoms with E-state index < -0.39 is 0 Å². The summed E-state index contributed by atoms with van der Waals surface area (Å²) in [6, 6.07) is 8.80. The summed E-state index contributed by atoms with van der Waals surface area (Å²) in [5.74, 6) is 1.43. The van der Waals surface area contributed by atoms with Gasteiger partial charge in [-0.2, -0.15) is 0 Å². The van der Waals surface area contributed by atoms with Gasteiger partial charge in [-0.25, -0.2) is 4.98 Å². The molecule has 0 spiro atoms. The van der Waals surface area contributed by atoms with Crippen LogP contribution in [0.2, 0.25) is 5.02 Å². The number of hydrogen-bond donors (Lipinski definition) is 1. The van der Waals surface area contributed by atoms with E-state index in [1.165, 1.54) is 11.8 Å². The second-order valence-corrected chi connectivity index (χ2v) is 6.48. The number of halogens is 1. The maximum absolute atomic E-state index is 12.2. The summed E-state index contributed by atoms with van der Waals surface area (Å²) < 4.78 is 12.5. The summed E-state index contributed by atoms with van der Waals surface area (Å²) in [7, 11) is 1.54. The second-order valence-electron chi connectivity index (χ2n) is 5.10. The number of benzene rings is 1. The molecule has 3 rings (SSSR count). The van der Waals surface area contributed by atoms with E-state index in [0.717, 1.165) is 10.9 Å². The molecule has 0 saturated carbocycles. The number of thioether (sulfide) groups is 1. The Morgan fingerprint density at radius 3 is 3.08 bits per heavy atom. The number of hydrogen-bond acceptors (Lipinski definition) is 5. The average Bonchev–Trinajstić information content (AvgIpc) is 3.26. The fourth-order valence-electron chi connectivity index (χ4n) is 2.22. The first-order valence-electron chi connectivity index (χ1n) is 7.45. The lowest BCUT2D eigenvalue weighted by Crippen LogP contribution is -2.15. The molecule has 25 heavy (non-hydrogen) atoms. The fourth-order valence-corrected chi connectivity index (χ4v) is 3.15. The molecule has 2 heterocycles. The Morgan fingerprint density at radius 1 is 1.44 bits per heavy atom. The molecule has 0 aliphatic rings. The summed E-state index contributed by atoms with van der Waals surface area (Å²) in [5.41, 5.74) is 0.541. The van der Waals surface area contributed by atoms with Gasteiger partial charge in [-0.05, 0) is 30.3 Å². The van der Waals surface area contributed by atoms with Crippen LogP contribution in [0.3, 0.4) is 0 Å². The average molecular weight is 378 g/mol. The van der Waals surface area contributed by atoms with Crippen molar-refractivity contribution < 1.29 is 13.9 Å². The van der Waals surface area contributed by atoms with Gasteiger partial charge in [-0.15, -0.1) is 0 Å². The molecular weight excluding hydrogens is 362 g/mol. The highest BCUT2D eigenvalue weighted by Gasteiger charge is 2.11. The Morgan fingerprint density at radius 2 is 2.32 bits per heavy atom. The Labute approximate surface area is 154 Å². The predicted molar refractivity (Wildman–Crippen MR) is 97.4 cm³/mol. The number of imidazole rings is 1. The quantitative estimate of drug-likeness (QED) is 0.632. The Bertz CT molecular complexity index is 849. The van der Waals surface area contributed by atoms with Crippen molar-refractivity contribution in [1.29, 1.82) is 0 Å². The van der Waals surface area contributed by atoms with Crippen molar-refractivity contribution in [2.24, 2.45) is 0 Å². The van der Waals surface area contributed by atoms with Crippen molar-refractivity contribution in [2.75, 3.05) is 18.2 Å². The minimum atomic E-state index is -0.168. The fraction of sp³-hybridized carbons (Fsp3) is 0.176. The molecule has 0 aliphatic heterocycles. The number of aromatic nitrogens is 2. The van der Waals surface area contributed by atoms with Crippen LogP contribution in [0.4, 0.5) is 5.69 Å². The van der Waals surface area contributed by atoms with E-state index in [4.69, 9.17) is 20.8 Å². The van der Waals surface area contributed by atoms with Crippen LogP contribution in [0, 0.1) is 0 Å². The van der Waals surface area contributed by atoms with Gasteiger partial charge < -0.3 is 19.0 Å². The van der Waals surface area contributed by atoms with E-state index in [0.29, 0.717) is 23.0 Å². The van der Waals surface area contributed by atoms with Gasteiger partial charge >= 0.3 is 0 Å². The normalized spacial score (nSPS) is 10.6. The highest BCUT2D eigenvalue weighted by Crippen LogP contribution is 2.28. The molecule has 0 radical (unpaired) electrons. The van der Waals surface area contributed by atoms with Gasteiger partial charge in [-0.3, -0.25) is 4.79 Å². The van der Waals surface area contributed by atoms with Crippen molar-refractivity contribution in [3.63, 3.8) is 0 Å². The predicted octanol–water partition coefficient (Wildman–Crippen LogP) is 3.92. The first-order valence-corrected chi connectivity index (χ1v) is 8.82. The second kappa shape index (κ2) is 8.13. The topological polar surface area (TPSA) is 69.3 Å². The van der Waals surface area contributed by atoms with Crippen molar-refractivity contribution in [2.45, 2.75) is 11.7 Å². The zero-order valence-electron chi connectivity index (χ0n) is 13.4. The standard InChI is InChI=1S/C17H16ClN3O3S/c1-23-15-5-4-12(18)9-14(15)20-16(22)11-25-17-19-6-7-21(17)10-13-3-2-8-24-13/h2-9H,10-11H2,1H3,(H,20,22). The number of methoxy groups -OCH3 is 1. The number of nitrogens with zero attached hydrogens (tertiary/aromatic N) is 2. The van der Waals surface area contributed by atoms with Crippen molar-refractivity contribution >= 4 is 35.0 Å². The third-order valence-electron chi connectivity index (χ3n) is 3.35. The molecule has 0 bridgehead atoms. The smallest absolute Gasteiger partial charge is 0.234 e. The third kappa shape index (κ3) is 4.58. The number of carbonyl (C=O) groups is 1.